The maximum atomic E-state index is 11.8. The van der Waals surface area contributed by atoms with Gasteiger partial charge in [0, 0.05) is 12.6 Å². The van der Waals surface area contributed by atoms with E-state index in [1.165, 1.54) is 37.7 Å². The minimum Gasteiger partial charge on any atom is -0.462 e. The van der Waals surface area contributed by atoms with Crippen molar-refractivity contribution in [3.8, 4) is 0 Å². The molecule has 1 aromatic rings. The summed E-state index contributed by atoms with van der Waals surface area (Å²) in [6.45, 7) is 6.66. The molecule has 2 aliphatic heterocycles. The first kappa shape index (κ1) is 21.4. The monoisotopic (exact) mass is 391 g/mol. The maximum Gasteiger partial charge on any atom is 0.338 e. The van der Waals surface area contributed by atoms with Crippen molar-refractivity contribution in [3.05, 3.63) is 35.4 Å². The molecule has 2 unspecified atom stereocenters. The lowest BCUT2D eigenvalue weighted by Crippen LogP contribution is -2.34. The average Bonchev–Trinajstić information content (AvgIpc) is 3.30. The third-order valence-electron chi connectivity index (χ3n) is 4.45. The molecule has 27 heavy (non-hydrogen) atoms. The fourth-order valence-corrected chi connectivity index (χ4v) is 4.14. The highest BCUT2D eigenvalue weighted by atomic mass is 32.2. The van der Waals surface area contributed by atoms with Crippen LogP contribution < -0.4 is 5.32 Å². The van der Waals surface area contributed by atoms with E-state index < -0.39 is 0 Å². The molecule has 3 rings (SSSR count). The van der Waals surface area contributed by atoms with Crippen molar-refractivity contribution in [1.82, 2.24) is 10.2 Å². The van der Waals surface area contributed by atoms with Crippen molar-refractivity contribution in [3.63, 3.8) is 0 Å². The van der Waals surface area contributed by atoms with Crippen molar-refractivity contribution in [2.24, 2.45) is 4.99 Å². The molecule has 1 aromatic carbocycles. The van der Waals surface area contributed by atoms with E-state index in [2.05, 4.69) is 22.3 Å². The van der Waals surface area contributed by atoms with Crippen molar-refractivity contribution in [2.45, 2.75) is 38.0 Å². The van der Waals surface area contributed by atoms with Crippen LogP contribution in [0.15, 0.2) is 29.3 Å². The van der Waals surface area contributed by atoms with Crippen LogP contribution in [0.3, 0.4) is 0 Å². The Morgan fingerprint density at radius 1 is 1.33 bits per heavy atom. The molecule has 6 nitrogen and oxygen atoms in total. The number of benzene rings is 1. The first-order valence-corrected chi connectivity index (χ1v) is 10.3. The molecule has 1 N–H and O–H groups in total. The van der Waals surface area contributed by atoms with Gasteiger partial charge in [0.2, 0.25) is 5.91 Å². The maximum absolute atomic E-state index is 11.8. The summed E-state index contributed by atoms with van der Waals surface area (Å²) in [6, 6.07) is 7.05. The number of hydrogen-bond donors (Lipinski definition) is 1. The SMILES string of the molecule is CCOC(=O)c1cccc(C2=NC(C)C(C(=O)NC)S2)c1.CN1CCCC1. The molecule has 0 saturated carbocycles. The Balaban J connectivity index is 0.000000369. The van der Waals surface area contributed by atoms with Gasteiger partial charge in [0.05, 0.1) is 23.3 Å². The van der Waals surface area contributed by atoms with Gasteiger partial charge >= 0.3 is 5.97 Å². The molecular formula is C20H29N3O3S. The summed E-state index contributed by atoms with van der Waals surface area (Å²) >= 11 is 1.42. The highest BCUT2D eigenvalue weighted by Crippen LogP contribution is 2.30. The Morgan fingerprint density at radius 3 is 2.59 bits per heavy atom. The number of rotatable bonds is 4. The van der Waals surface area contributed by atoms with E-state index in [1.807, 2.05) is 13.0 Å². The third kappa shape index (κ3) is 6.07. The number of likely N-dealkylation sites (tertiary alicyclic amines) is 1. The lowest BCUT2D eigenvalue weighted by Gasteiger charge is -2.10. The van der Waals surface area contributed by atoms with Gasteiger partial charge in [-0.15, -0.1) is 0 Å². The number of aliphatic imine (C=N–C) groups is 1. The van der Waals surface area contributed by atoms with Crippen LogP contribution in [0.2, 0.25) is 0 Å². The molecule has 1 amide bonds. The zero-order chi connectivity index (χ0) is 19.8. The number of amides is 1. The van der Waals surface area contributed by atoms with Crippen LogP contribution in [0.1, 0.15) is 42.6 Å². The van der Waals surface area contributed by atoms with E-state index >= 15 is 0 Å². The molecule has 0 radical (unpaired) electrons. The summed E-state index contributed by atoms with van der Waals surface area (Å²) < 4.78 is 4.99. The van der Waals surface area contributed by atoms with Crippen molar-refractivity contribution >= 4 is 28.7 Å². The number of nitrogens with zero attached hydrogens (tertiary/aromatic N) is 2. The summed E-state index contributed by atoms with van der Waals surface area (Å²) in [5.74, 6) is -0.383. The summed E-state index contributed by atoms with van der Waals surface area (Å²) in [5.41, 5.74) is 1.33. The molecule has 1 saturated heterocycles. The van der Waals surface area contributed by atoms with Crippen LogP contribution in [0.25, 0.3) is 0 Å². The molecule has 2 heterocycles. The average molecular weight is 392 g/mol. The van der Waals surface area contributed by atoms with Crippen LogP contribution in [0.4, 0.5) is 0 Å². The van der Waals surface area contributed by atoms with E-state index in [4.69, 9.17) is 4.74 Å². The summed E-state index contributed by atoms with van der Waals surface area (Å²) in [6.07, 6.45) is 2.83. The Morgan fingerprint density at radius 2 is 2.04 bits per heavy atom. The molecule has 1 fully saturated rings. The van der Waals surface area contributed by atoms with Gasteiger partial charge in [-0.1, -0.05) is 23.9 Å². The van der Waals surface area contributed by atoms with E-state index in [1.54, 1.807) is 32.2 Å². The van der Waals surface area contributed by atoms with Gasteiger partial charge in [0.15, 0.2) is 0 Å². The second-order valence-corrected chi connectivity index (χ2v) is 7.77. The normalized spacial score (nSPS) is 21.9. The van der Waals surface area contributed by atoms with Gasteiger partial charge in [-0.3, -0.25) is 9.79 Å². The summed E-state index contributed by atoms with van der Waals surface area (Å²) in [4.78, 5) is 30.4. The van der Waals surface area contributed by atoms with Gasteiger partial charge in [-0.25, -0.2) is 4.79 Å². The van der Waals surface area contributed by atoms with E-state index in [0.717, 1.165) is 10.6 Å². The smallest absolute Gasteiger partial charge is 0.338 e. The lowest BCUT2D eigenvalue weighted by atomic mass is 10.1. The number of nitrogens with one attached hydrogen (secondary N) is 1. The summed E-state index contributed by atoms with van der Waals surface area (Å²) in [7, 11) is 3.79. The van der Waals surface area contributed by atoms with Crippen LogP contribution in [-0.4, -0.2) is 66.9 Å². The Hall–Kier alpha value is -1.86. The van der Waals surface area contributed by atoms with Gasteiger partial charge in [-0.2, -0.15) is 0 Å². The van der Waals surface area contributed by atoms with Crippen molar-refractivity contribution < 1.29 is 14.3 Å². The Labute approximate surface area is 165 Å². The minimum atomic E-state index is -0.348. The Bertz CT molecular complexity index is 687. The number of ether oxygens (including phenoxy) is 1. The fraction of sp³-hybridized carbons (Fsp3) is 0.550. The van der Waals surface area contributed by atoms with Gasteiger partial charge < -0.3 is 15.0 Å². The second kappa shape index (κ2) is 10.5. The highest BCUT2D eigenvalue weighted by Gasteiger charge is 2.32. The quantitative estimate of drug-likeness (QED) is 0.799. The molecule has 7 heteroatoms. The summed E-state index contributed by atoms with van der Waals surface area (Å²) in [5, 5.41) is 3.20. The number of thioether (sulfide) groups is 1. The van der Waals surface area contributed by atoms with Crippen molar-refractivity contribution in [2.75, 3.05) is 33.8 Å². The first-order valence-electron chi connectivity index (χ1n) is 9.38. The first-order chi connectivity index (χ1) is 13.0. The zero-order valence-electron chi connectivity index (χ0n) is 16.5. The van der Waals surface area contributed by atoms with Gasteiger partial charge in [0.1, 0.15) is 5.25 Å². The highest BCUT2D eigenvalue weighted by molar-refractivity contribution is 8.15. The molecule has 2 aliphatic rings. The number of carbonyl (C=O) groups is 2. The lowest BCUT2D eigenvalue weighted by molar-refractivity contribution is -0.120. The van der Waals surface area contributed by atoms with E-state index in [9.17, 15) is 9.59 Å². The van der Waals surface area contributed by atoms with Crippen LogP contribution in [0, 0.1) is 0 Å². The predicted octanol–water partition coefficient (Wildman–Crippen LogP) is 2.57. The molecular weight excluding hydrogens is 362 g/mol. The minimum absolute atomic E-state index is 0.0344. The number of esters is 1. The van der Waals surface area contributed by atoms with Gasteiger partial charge in [-0.05, 0) is 59.0 Å². The standard InChI is InChI=1S/C15H18N2O3S.C5H11N/c1-4-20-15(19)11-7-5-6-10(8-11)14-17-9(2)12(21-14)13(18)16-3;1-6-4-2-3-5-6/h5-9,12H,4H2,1-3H3,(H,16,18);2-5H2,1H3. The van der Waals surface area contributed by atoms with Crippen LogP contribution in [0.5, 0.6) is 0 Å². The predicted molar refractivity (Wildman–Crippen MR) is 111 cm³/mol. The van der Waals surface area contributed by atoms with Gasteiger partial charge in [0.25, 0.3) is 0 Å². The second-order valence-electron chi connectivity index (χ2n) is 6.64. The fourth-order valence-electron chi connectivity index (χ4n) is 2.93. The number of carbonyl (C=O) groups excluding carboxylic acids is 2. The molecule has 0 aliphatic carbocycles. The molecule has 0 aromatic heterocycles. The van der Waals surface area contributed by atoms with E-state index in [0.29, 0.717) is 12.2 Å². The van der Waals surface area contributed by atoms with Crippen molar-refractivity contribution in [1.29, 1.82) is 0 Å². The third-order valence-corrected chi connectivity index (χ3v) is 5.88. The molecule has 2 atom stereocenters. The molecule has 0 spiro atoms. The van der Waals surface area contributed by atoms with Crippen LogP contribution >= 0.6 is 11.8 Å². The number of hydrogen-bond acceptors (Lipinski definition) is 6. The topological polar surface area (TPSA) is 71.0 Å². The zero-order valence-corrected chi connectivity index (χ0v) is 17.3. The largest absolute Gasteiger partial charge is 0.462 e. The molecule has 0 bridgehead atoms. The Kier molecular flexibility index (Phi) is 8.31. The molecule has 148 valence electrons. The van der Waals surface area contributed by atoms with Crippen LogP contribution in [-0.2, 0) is 9.53 Å². The van der Waals surface area contributed by atoms with E-state index in [-0.39, 0.29) is 23.2 Å².